The van der Waals surface area contributed by atoms with Crippen LogP contribution >= 0.6 is 0 Å². The van der Waals surface area contributed by atoms with Crippen molar-refractivity contribution in [1.82, 2.24) is 15.6 Å². The standard InChI is InChI=1S/C27H31FN4O6/c1-15(33)29-11-18-12-32(25(35)37-18)17-6-7-19(22(28)9-17)16-5-8-23(30-10-16)27(20-13-36-14-21(20)27)31-24(34)38-26(2,3)4/h5-10,18,20-21H,11-14H2,1-4H3,(H,29,33)(H,31,34)/t18-,20?,21?,27?/m0/s1. The molecule has 3 aliphatic rings. The van der Waals surface area contributed by atoms with Gasteiger partial charge in [-0.05, 0) is 45.0 Å². The highest BCUT2D eigenvalue weighted by Crippen LogP contribution is 2.60. The fourth-order valence-electron chi connectivity index (χ4n) is 5.26. The lowest BCUT2D eigenvalue weighted by molar-refractivity contribution is -0.119. The summed E-state index contributed by atoms with van der Waals surface area (Å²) < 4.78 is 31.5. The Kier molecular flexibility index (Phi) is 6.50. The molecule has 0 radical (unpaired) electrons. The molecule has 2 aromatic rings. The Bertz CT molecular complexity index is 1250. The van der Waals surface area contributed by atoms with Gasteiger partial charge in [0.05, 0.1) is 43.2 Å². The molecule has 0 spiro atoms. The summed E-state index contributed by atoms with van der Waals surface area (Å²) in [5.74, 6) is -0.550. The second-order valence-corrected chi connectivity index (χ2v) is 10.9. The molecule has 3 amide bonds. The van der Waals surface area contributed by atoms with Gasteiger partial charge in [0.1, 0.15) is 17.5 Å². The van der Waals surface area contributed by atoms with Crippen LogP contribution in [0.15, 0.2) is 36.5 Å². The van der Waals surface area contributed by atoms with Crippen LogP contribution in [0.5, 0.6) is 0 Å². The van der Waals surface area contributed by atoms with Crippen LogP contribution in [0, 0.1) is 17.7 Å². The summed E-state index contributed by atoms with van der Waals surface area (Å²) in [6, 6.07) is 8.07. The summed E-state index contributed by atoms with van der Waals surface area (Å²) in [5, 5.41) is 5.64. The lowest BCUT2D eigenvalue weighted by Gasteiger charge is -2.26. The molecular formula is C27H31FN4O6. The Balaban J connectivity index is 1.32. The number of halogens is 1. The first-order valence-corrected chi connectivity index (χ1v) is 12.6. The number of rotatable bonds is 6. The number of cyclic esters (lactones) is 1. The third-order valence-electron chi connectivity index (χ3n) is 7.06. The van der Waals surface area contributed by atoms with E-state index in [9.17, 15) is 14.4 Å². The number of benzene rings is 1. The van der Waals surface area contributed by atoms with E-state index in [0.717, 1.165) is 0 Å². The topological polar surface area (TPSA) is 119 Å². The fraction of sp³-hybridized carbons (Fsp3) is 0.481. The zero-order valence-corrected chi connectivity index (χ0v) is 21.7. The Morgan fingerprint density at radius 1 is 1.21 bits per heavy atom. The van der Waals surface area contributed by atoms with E-state index in [1.165, 1.54) is 17.9 Å². The summed E-state index contributed by atoms with van der Waals surface area (Å²) in [5.41, 5.74) is 0.601. The molecule has 5 rings (SSSR count). The molecule has 1 aromatic carbocycles. The second-order valence-electron chi connectivity index (χ2n) is 10.9. The van der Waals surface area contributed by atoms with Gasteiger partial charge in [-0.15, -0.1) is 0 Å². The Hall–Kier alpha value is -3.73. The van der Waals surface area contributed by atoms with Crippen LogP contribution in [-0.2, 0) is 24.5 Å². The van der Waals surface area contributed by atoms with Crippen molar-refractivity contribution in [1.29, 1.82) is 0 Å². The molecule has 3 heterocycles. The van der Waals surface area contributed by atoms with Gasteiger partial charge in [0, 0.05) is 36.1 Å². The fourth-order valence-corrected chi connectivity index (χ4v) is 5.26. The van der Waals surface area contributed by atoms with Crippen LogP contribution in [0.3, 0.4) is 0 Å². The molecule has 2 aliphatic heterocycles. The van der Waals surface area contributed by atoms with Crippen LogP contribution in [-0.4, -0.2) is 61.1 Å². The van der Waals surface area contributed by atoms with Crippen molar-refractivity contribution in [2.24, 2.45) is 11.8 Å². The minimum absolute atomic E-state index is 0.0964. The predicted octanol–water partition coefficient (Wildman–Crippen LogP) is 3.35. The molecule has 2 unspecified atom stereocenters. The number of carbonyl (C=O) groups excluding carboxylic acids is 3. The van der Waals surface area contributed by atoms with Crippen molar-refractivity contribution in [3.63, 3.8) is 0 Å². The van der Waals surface area contributed by atoms with Crippen molar-refractivity contribution in [3.8, 4) is 11.1 Å². The number of pyridine rings is 1. The van der Waals surface area contributed by atoms with E-state index in [4.69, 9.17) is 14.2 Å². The summed E-state index contributed by atoms with van der Waals surface area (Å²) in [6.45, 7) is 8.22. The number of hydrogen-bond acceptors (Lipinski definition) is 7. The van der Waals surface area contributed by atoms with Gasteiger partial charge in [-0.25, -0.2) is 14.0 Å². The quantitative estimate of drug-likeness (QED) is 0.593. The number of alkyl carbamates (subject to hydrolysis) is 1. The van der Waals surface area contributed by atoms with Crippen molar-refractivity contribution in [3.05, 3.63) is 48.0 Å². The third kappa shape index (κ3) is 4.90. The first-order valence-electron chi connectivity index (χ1n) is 12.6. The van der Waals surface area contributed by atoms with Crippen molar-refractivity contribution < 1.29 is 33.0 Å². The molecule has 1 aliphatic carbocycles. The molecule has 0 bridgehead atoms. The summed E-state index contributed by atoms with van der Waals surface area (Å²) in [4.78, 5) is 41.9. The Labute approximate surface area is 219 Å². The van der Waals surface area contributed by atoms with Crippen LogP contribution < -0.4 is 15.5 Å². The van der Waals surface area contributed by atoms with E-state index in [1.807, 2.05) is 0 Å². The van der Waals surface area contributed by atoms with Gasteiger partial charge in [-0.1, -0.05) is 6.07 Å². The van der Waals surface area contributed by atoms with Gasteiger partial charge < -0.3 is 24.8 Å². The van der Waals surface area contributed by atoms with Crippen molar-refractivity contribution in [2.45, 2.75) is 44.9 Å². The number of amides is 3. The van der Waals surface area contributed by atoms with Gasteiger partial charge >= 0.3 is 12.2 Å². The van der Waals surface area contributed by atoms with E-state index < -0.39 is 35.2 Å². The number of aromatic nitrogens is 1. The average Bonchev–Trinajstić information content (AvgIpc) is 3.18. The maximum atomic E-state index is 15.2. The van der Waals surface area contributed by atoms with E-state index >= 15 is 4.39 Å². The molecule has 38 heavy (non-hydrogen) atoms. The Morgan fingerprint density at radius 3 is 2.55 bits per heavy atom. The maximum Gasteiger partial charge on any atom is 0.414 e. The van der Waals surface area contributed by atoms with Gasteiger partial charge in [0.2, 0.25) is 5.91 Å². The number of anilines is 1. The molecule has 3 atom stereocenters. The number of nitrogens with zero attached hydrogens (tertiary/aromatic N) is 2. The molecule has 202 valence electrons. The molecule has 2 saturated heterocycles. The Morgan fingerprint density at radius 2 is 1.95 bits per heavy atom. The zero-order chi connectivity index (χ0) is 27.2. The molecule has 3 fully saturated rings. The summed E-state index contributed by atoms with van der Waals surface area (Å²) in [7, 11) is 0. The first-order chi connectivity index (χ1) is 18.0. The van der Waals surface area contributed by atoms with Crippen LogP contribution in [0.2, 0.25) is 0 Å². The third-order valence-corrected chi connectivity index (χ3v) is 7.06. The van der Waals surface area contributed by atoms with Gasteiger partial charge in [-0.3, -0.25) is 14.7 Å². The lowest BCUT2D eigenvalue weighted by atomic mass is 10.0. The monoisotopic (exact) mass is 526 g/mol. The largest absolute Gasteiger partial charge is 0.444 e. The second kappa shape index (κ2) is 9.54. The smallest absolute Gasteiger partial charge is 0.414 e. The van der Waals surface area contributed by atoms with Gasteiger partial charge in [0.25, 0.3) is 0 Å². The lowest BCUT2D eigenvalue weighted by Crippen LogP contribution is -2.43. The number of nitrogens with one attached hydrogen (secondary N) is 2. The van der Waals surface area contributed by atoms with Crippen LogP contribution in [0.25, 0.3) is 11.1 Å². The predicted molar refractivity (Wildman–Crippen MR) is 135 cm³/mol. The van der Waals surface area contributed by atoms with E-state index in [0.29, 0.717) is 35.7 Å². The zero-order valence-electron chi connectivity index (χ0n) is 21.7. The first kappa shape index (κ1) is 25.9. The number of carbonyl (C=O) groups is 3. The molecule has 2 N–H and O–H groups in total. The molecular weight excluding hydrogens is 495 g/mol. The number of hydrogen-bond donors (Lipinski definition) is 2. The SMILES string of the molecule is CC(=O)NC[C@H]1CN(c2ccc(-c3ccc(C4(NC(=O)OC(C)(C)C)C5COCC54)nc3)c(F)c2)C(=O)O1. The van der Waals surface area contributed by atoms with Crippen molar-refractivity contribution in [2.75, 3.05) is 31.2 Å². The van der Waals surface area contributed by atoms with Gasteiger partial charge in [0.15, 0.2) is 0 Å². The van der Waals surface area contributed by atoms with E-state index in [-0.39, 0.29) is 30.8 Å². The highest BCUT2D eigenvalue weighted by atomic mass is 19.1. The van der Waals surface area contributed by atoms with Crippen LogP contribution in [0.4, 0.5) is 19.7 Å². The number of ether oxygens (including phenoxy) is 3. The van der Waals surface area contributed by atoms with E-state index in [2.05, 4.69) is 15.6 Å². The molecule has 10 nitrogen and oxygen atoms in total. The minimum Gasteiger partial charge on any atom is -0.444 e. The highest BCUT2D eigenvalue weighted by Gasteiger charge is 2.70. The minimum atomic E-state index is -0.675. The van der Waals surface area contributed by atoms with Crippen molar-refractivity contribution >= 4 is 23.8 Å². The molecule has 11 heteroatoms. The summed E-state index contributed by atoms with van der Waals surface area (Å²) >= 11 is 0. The summed E-state index contributed by atoms with van der Waals surface area (Å²) in [6.07, 6.45) is -0.0479. The number of fused-ring (bicyclic) bond motifs is 1. The van der Waals surface area contributed by atoms with E-state index in [1.54, 1.807) is 51.2 Å². The maximum absolute atomic E-state index is 15.2. The highest BCUT2D eigenvalue weighted by molar-refractivity contribution is 5.90. The normalized spacial score (nSPS) is 26.0. The van der Waals surface area contributed by atoms with Gasteiger partial charge in [-0.2, -0.15) is 0 Å². The molecule has 1 saturated carbocycles. The molecule has 1 aromatic heterocycles. The van der Waals surface area contributed by atoms with Crippen LogP contribution in [0.1, 0.15) is 33.4 Å². The average molecular weight is 527 g/mol.